The molecule has 2 aromatic rings. The normalized spacial score (nSPS) is 17.5. The lowest BCUT2D eigenvalue weighted by molar-refractivity contribution is -0.260. The molecule has 0 atom stereocenters. The van der Waals surface area contributed by atoms with Gasteiger partial charge in [-0.15, -0.1) is 0 Å². The van der Waals surface area contributed by atoms with E-state index in [1.165, 1.54) is 12.2 Å². The van der Waals surface area contributed by atoms with Crippen molar-refractivity contribution in [3.05, 3.63) is 64.4 Å². The van der Waals surface area contributed by atoms with E-state index in [0.29, 0.717) is 36.5 Å². The summed E-state index contributed by atoms with van der Waals surface area (Å²) in [4.78, 5) is 37.9. The predicted molar refractivity (Wildman–Crippen MR) is 137 cm³/mol. The third-order valence-corrected chi connectivity index (χ3v) is 6.93. The van der Waals surface area contributed by atoms with Gasteiger partial charge in [-0.05, 0) is 67.1 Å². The maximum absolute atomic E-state index is 14.0. The van der Waals surface area contributed by atoms with Crippen molar-refractivity contribution in [2.45, 2.75) is 32.2 Å². The number of carbonyl (C=O) groups excluding carboxylic acids is 2. The van der Waals surface area contributed by atoms with Gasteiger partial charge in [0.2, 0.25) is 0 Å². The average Bonchev–Trinajstić information content (AvgIpc) is 3.10. The molecular formula is C27H31ClN2O7. The summed E-state index contributed by atoms with van der Waals surface area (Å²) in [6, 6.07) is 13.3. The largest absolute Gasteiger partial charge is 0.513 e. The van der Waals surface area contributed by atoms with Crippen LogP contribution in [0.25, 0.3) is 16.7 Å². The average molecular weight is 531 g/mol. The number of benzene rings is 2. The molecule has 198 valence electrons. The zero-order valence-corrected chi connectivity index (χ0v) is 22.2. The second-order valence-corrected chi connectivity index (χ2v) is 9.24. The number of aryl methyl sites for hydroxylation is 1. The maximum Gasteiger partial charge on any atom is 0.513 e. The molecule has 2 aliphatic heterocycles. The van der Waals surface area contributed by atoms with Crippen LogP contribution in [0.5, 0.6) is 0 Å². The highest BCUT2D eigenvalue weighted by atomic mass is 35.5. The Morgan fingerprint density at radius 3 is 2.35 bits per heavy atom. The minimum Gasteiger partial charge on any atom is -0.434 e. The molecule has 1 amide bonds. The molecule has 2 aromatic carbocycles. The molecule has 1 saturated heterocycles. The second-order valence-electron chi connectivity index (χ2n) is 8.80. The molecule has 0 radical (unpaired) electrons. The van der Waals surface area contributed by atoms with Gasteiger partial charge in [0.25, 0.3) is 5.91 Å². The van der Waals surface area contributed by atoms with Crippen LogP contribution in [0.4, 0.5) is 4.79 Å². The lowest BCUT2D eigenvalue weighted by atomic mass is 9.85. The number of halogens is 1. The standard InChI is InChI=1S/C27H31ClN2O7/c1-5-35-26(32)37-24-23(22-16-20(7-6-18(22)2)19-8-10-21(28)11-9-19)25(31)30(36-17-33-3)27(24)12-14-29(34-4)15-13-27/h6-11,16H,5,12-15,17H2,1-4H3. The van der Waals surface area contributed by atoms with Gasteiger partial charge in [-0.2, -0.15) is 5.06 Å². The Morgan fingerprint density at radius 1 is 1.05 bits per heavy atom. The highest BCUT2D eigenvalue weighted by molar-refractivity contribution is 6.30. The van der Waals surface area contributed by atoms with E-state index in [9.17, 15) is 9.59 Å². The molecule has 0 unspecified atom stereocenters. The van der Waals surface area contributed by atoms with Gasteiger partial charge in [0.1, 0.15) is 5.54 Å². The zero-order valence-electron chi connectivity index (χ0n) is 21.4. The van der Waals surface area contributed by atoms with Gasteiger partial charge < -0.3 is 19.0 Å². The van der Waals surface area contributed by atoms with Gasteiger partial charge in [0, 0.05) is 25.2 Å². The summed E-state index contributed by atoms with van der Waals surface area (Å²) in [5, 5.41) is 3.71. The number of piperidine rings is 1. The van der Waals surface area contributed by atoms with E-state index in [0.717, 1.165) is 16.7 Å². The smallest absolute Gasteiger partial charge is 0.434 e. The fourth-order valence-electron chi connectivity index (χ4n) is 4.80. The highest BCUT2D eigenvalue weighted by Crippen LogP contribution is 2.48. The Hall–Kier alpha value is -2.95. The third-order valence-electron chi connectivity index (χ3n) is 6.68. The Bertz CT molecular complexity index is 1170. The molecule has 0 N–H and O–H groups in total. The van der Waals surface area contributed by atoms with Crippen LogP contribution in [0, 0.1) is 6.92 Å². The van der Waals surface area contributed by atoms with Crippen molar-refractivity contribution in [2.75, 3.05) is 40.7 Å². The summed E-state index contributed by atoms with van der Waals surface area (Å²) in [6.07, 6.45) is -0.0639. The van der Waals surface area contributed by atoms with Crippen LogP contribution in [0.15, 0.2) is 48.2 Å². The summed E-state index contributed by atoms with van der Waals surface area (Å²) >= 11 is 6.08. The van der Waals surface area contributed by atoms with Crippen LogP contribution < -0.4 is 0 Å². The van der Waals surface area contributed by atoms with Crippen molar-refractivity contribution in [3.63, 3.8) is 0 Å². The number of hydrogen-bond acceptors (Lipinski definition) is 8. The first-order chi connectivity index (χ1) is 17.8. The van der Waals surface area contributed by atoms with Crippen LogP contribution in [-0.4, -0.2) is 68.4 Å². The summed E-state index contributed by atoms with van der Waals surface area (Å²) < 4.78 is 16.1. The number of ether oxygens (including phenoxy) is 3. The van der Waals surface area contributed by atoms with E-state index >= 15 is 0 Å². The molecule has 4 rings (SSSR count). The van der Waals surface area contributed by atoms with Crippen LogP contribution >= 0.6 is 11.6 Å². The van der Waals surface area contributed by atoms with Gasteiger partial charge in [-0.3, -0.25) is 4.79 Å². The number of nitrogens with zero attached hydrogens (tertiary/aromatic N) is 2. The number of amides is 1. The number of rotatable bonds is 8. The molecule has 0 aliphatic carbocycles. The van der Waals surface area contributed by atoms with Crippen molar-refractivity contribution in [3.8, 4) is 11.1 Å². The summed E-state index contributed by atoms with van der Waals surface area (Å²) in [5.74, 6) is -0.210. The SMILES string of the molecule is CCOC(=O)OC1=C(c2cc(-c3ccc(Cl)cc3)ccc2C)C(=O)N(OCOC)C12CCN(OC)CC2. The van der Waals surface area contributed by atoms with E-state index in [1.807, 2.05) is 49.4 Å². The fourth-order valence-corrected chi connectivity index (χ4v) is 4.93. The molecule has 10 heteroatoms. The third kappa shape index (κ3) is 5.37. The molecule has 9 nitrogen and oxygen atoms in total. The quantitative estimate of drug-likeness (QED) is 0.349. The lowest BCUT2D eigenvalue weighted by Crippen LogP contribution is -2.55. The molecule has 0 aromatic heterocycles. The van der Waals surface area contributed by atoms with E-state index in [2.05, 4.69) is 0 Å². The molecule has 0 saturated carbocycles. The first-order valence-corrected chi connectivity index (χ1v) is 12.4. The number of hydroxylamine groups is 4. The Morgan fingerprint density at radius 2 is 1.73 bits per heavy atom. The first kappa shape index (κ1) is 27.1. The second kappa shape index (κ2) is 11.6. The van der Waals surface area contributed by atoms with Crippen molar-refractivity contribution in [1.29, 1.82) is 0 Å². The van der Waals surface area contributed by atoms with E-state index < -0.39 is 17.6 Å². The molecular weight excluding hydrogens is 500 g/mol. The topological polar surface area (TPSA) is 86.8 Å². The van der Waals surface area contributed by atoms with Gasteiger partial charge in [-0.25, -0.2) is 14.7 Å². The Kier molecular flexibility index (Phi) is 8.51. The zero-order chi connectivity index (χ0) is 26.6. The minimum absolute atomic E-state index is 0.134. The number of carbonyl (C=O) groups is 2. The van der Waals surface area contributed by atoms with Gasteiger partial charge in [-0.1, -0.05) is 35.9 Å². The first-order valence-electron chi connectivity index (χ1n) is 12.1. The van der Waals surface area contributed by atoms with Crippen LogP contribution in [-0.2, 0) is 28.7 Å². The molecule has 1 fully saturated rings. The van der Waals surface area contributed by atoms with Gasteiger partial charge >= 0.3 is 6.16 Å². The van der Waals surface area contributed by atoms with Crippen molar-refractivity contribution >= 4 is 29.2 Å². The molecule has 37 heavy (non-hydrogen) atoms. The predicted octanol–water partition coefficient (Wildman–Crippen LogP) is 4.97. The maximum atomic E-state index is 14.0. The van der Waals surface area contributed by atoms with E-state index in [4.69, 9.17) is 35.5 Å². The molecule has 2 heterocycles. The van der Waals surface area contributed by atoms with Crippen molar-refractivity contribution in [1.82, 2.24) is 10.1 Å². The van der Waals surface area contributed by atoms with Gasteiger partial charge in [0.05, 0.1) is 19.3 Å². The Balaban J connectivity index is 1.88. The summed E-state index contributed by atoms with van der Waals surface area (Å²) in [6.45, 7) is 4.56. The number of hydrogen-bond donors (Lipinski definition) is 0. The molecule has 1 spiro atoms. The lowest BCUT2D eigenvalue weighted by Gasteiger charge is -2.43. The minimum atomic E-state index is -1.05. The fraction of sp³-hybridized carbons (Fsp3) is 0.407. The molecule has 2 aliphatic rings. The number of methoxy groups -OCH3 is 1. The Labute approximate surface area is 221 Å². The summed E-state index contributed by atoms with van der Waals surface area (Å²) in [7, 11) is 3.07. The van der Waals surface area contributed by atoms with Crippen molar-refractivity contribution in [2.24, 2.45) is 0 Å². The van der Waals surface area contributed by atoms with Crippen LogP contribution in [0.1, 0.15) is 30.9 Å². The highest BCUT2D eigenvalue weighted by Gasteiger charge is 2.57. The summed E-state index contributed by atoms with van der Waals surface area (Å²) in [5.41, 5.74) is 2.49. The molecule has 0 bridgehead atoms. The monoisotopic (exact) mass is 530 g/mol. The van der Waals surface area contributed by atoms with E-state index in [-0.39, 0.29) is 24.7 Å². The van der Waals surface area contributed by atoms with Crippen LogP contribution in [0.3, 0.4) is 0 Å². The van der Waals surface area contributed by atoms with Gasteiger partial charge in [0.15, 0.2) is 12.6 Å². The van der Waals surface area contributed by atoms with E-state index in [1.54, 1.807) is 19.1 Å². The van der Waals surface area contributed by atoms with Crippen LogP contribution in [0.2, 0.25) is 5.02 Å². The van der Waals surface area contributed by atoms with Crippen molar-refractivity contribution < 1.29 is 33.5 Å².